The minimum atomic E-state index is -1.87. The second kappa shape index (κ2) is 14.8. The van der Waals surface area contributed by atoms with Crippen LogP contribution in [0.5, 0.6) is 23.0 Å². The van der Waals surface area contributed by atoms with Gasteiger partial charge in [0.05, 0.1) is 25.7 Å². The number of ketones is 1. The van der Waals surface area contributed by atoms with E-state index in [9.17, 15) is 55.9 Å². The van der Waals surface area contributed by atoms with Gasteiger partial charge in [0.1, 0.15) is 89.6 Å². The quantitative estimate of drug-likeness (QED) is 0.133. The van der Waals surface area contributed by atoms with Crippen LogP contribution in [0.3, 0.4) is 0 Å². The van der Waals surface area contributed by atoms with Crippen molar-refractivity contribution >= 4 is 5.78 Å². The van der Waals surface area contributed by atoms with Gasteiger partial charge in [-0.15, -0.1) is 0 Å². The Kier molecular flexibility index (Phi) is 10.8. The van der Waals surface area contributed by atoms with Crippen LogP contribution in [0.4, 0.5) is 0 Å². The lowest BCUT2D eigenvalue weighted by atomic mass is 9.95. The lowest BCUT2D eigenvalue weighted by Crippen LogP contribution is -2.65. The molecule has 18 nitrogen and oxygen atoms in total. The van der Waals surface area contributed by atoms with Gasteiger partial charge in [0.2, 0.25) is 6.29 Å². The van der Waals surface area contributed by atoms with Crippen molar-refractivity contribution in [2.45, 2.75) is 105 Å². The summed E-state index contributed by atoms with van der Waals surface area (Å²) in [5.41, 5.74) is 0.448. The number of phenols is 2. The van der Waals surface area contributed by atoms with Crippen molar-refractivity contribution in [3.8, 4) is 23.0 Å². The number of hydrogen-bond donors (Lipinski definition) is 10. The number of hydrogen-bond acceptors (Lipinski definition) is 18. The summed E-state index contributed by atoms with van der Waals surface area (Å²) in [6, 6.07) is 8.35. The minimum absolute atomic E-state index is 0.00927. The number of benzene rings is 2. The molecule has 50 heavy (non-hydrogen) atoms. The Morgan fingerprint density at radius 1 is 0.780 bits per heavy atom. The van der Waals surface area contributed by atoms with E-state index in [2.05, 4.69) is 0 Å². The lowest BCUT2D eigenvalue weighted by Gasteiger charge is -2.46. The topological polar surface area (TPSA) is 284 Å². The molecule has 276 valence electrons. The third-order valence-corrected chi connectivity index (χ3v) is 9.11. The van der Waals surface area contributed by atoms with Gasteiger partial charge in [-0.25, -0.2) is 0 Å². The van der Waals surface area contributed by atoms with Crippen LogP contribution in [0, 0.1) is 0 Å². The van der Waals surface area contributed by atoms with Crippen molar-refractivity contribution in [3.63, 3.8) is 0 Å². The molecule has 2 aromatic carbocycles. The van der Waals surface area contributed by atoms with Crippen LogP contribution in [-0.4, -0.2) is 156 Å². The third kappa shape index (κ3) is 7.26. The number of aliphatic hydroxyl groups excluding tert-OH is 8. The van der Waals surface area contributed by atoms with Crippen LogP contribution >= 0.6 is 0 Å². The van der Waals surface area contributed by atoms with E-state index in [4.69, 9.17) is 33.2 Å². The van der Waals surface area contributed by atoms with Crippen LogP contribution in [-0.2, 0) is 23.7 Å². The van der Waals surface area contributed by atoms with Crippen molar-refractivity contribution < 1.29 is 89.0 Å². The molecule has 0 bridgehead atoms. The molecule has 0 radical (unpaired) electrons. The average molecular weight is 713 g/mol. The molecular weight excluding hydrogens is 672 g/mol. The van der Waals surface area contributed by atoms with E-state index in [0.29, 0.717) is 5.56 Å². The number of fused-ring (bicyclic) bond motifs is 1. The summed E-state index contributed by atoms with van der Waals surface area (Å²) in [6.45, 7) is 0.464. The second-order valence-electron chi connectivity index (χ2n) is 12.6. The molecular formula is C32H40O18. The number of aliphatic hydroxyl groups is 8. The van der Waals surface area contributed by atoms with Gasteiger partial charge in [-0.3, -0.25) is 4.79 Å². The Morgan fingerprint density at radius 2 is 1.48 bits per heavy atom. The average Bonchev–Trinajstić information content (AvgIpc) is 3.08. The molecule has 0 amide bonds. The maximum absolute atomic E-state index is 13.0. The standard InChI is InChI=1S/C32H40O18/c1-11-22(37)25(40)28(43)31(46-11)50-29-26(41)24(39)20(10-45-30-27(42)23(38)17(36)9-44-30)49-32(29)47-14-6-15(34)21-16(35)8-18(48-19(21)7-14)12-2-4-13(33)5-3-12/h2-7,11,17-18,20,22-34,36-43H,8-10H2,1H3/t11-,17+,18-,20+,22-,23-,24+,25+,26-,27+,28+,29+,30-,31-,32+/m0/s1. The largest absolute Gasteiger partial charge is 0.508 e. The van der Waals surface area contributed by atoms with Crippen molar-refractivity contribution in [1.82, 2.24) is 0 Å². The zero-order valence-electron chi connectivity index (χ0n) is 26.5. The summed E-state index contributed by atoms with van der Waals surface area (Å²) in [5.74, 6) is -1.18. The number of rotatable bonds is 8. The molecule has 15 atom stereocenters. The molecule has 3 fully saturated rings. The first-order valence-corrected chi connectivity index (χ1v) is 15.9. The highest BCUT2D eigenvalue weighted by Gasteiger charge is 2.51. The van der Waals surface area contributed by atoms with Gasteiger partial charge >= 0.3 is 0 Å². The highest BCUT2D eigenvalue weighted by molar-refractivity contribution is 6.02. The molecule has 4 aliphatic heterocycles. The van der Waals surface area contributed by atoms with Gasteiger partial charge in [0.15, 0.2) is 24.5 Å². The number of ether oxygens (including phenoxy) is 7. The van der Waals surface area contributed by atoms with Crippen molar-refractivity contribution in [3.05, 3.63) is 47.5 Å². The van der Waals surface area contributed by atoms with Crippen LogP contribution in [0.15, 0.2) is 36.4 Å². The summed E-state index contributed by atoms with van der Waals surface area (Å²) < 4.78 is 40.0. The monoisotopic (exact) mass is 712 g/mol. The van der Waals surface area contributed by atoms with Gasteiger partial charge in [-0.05, 0) is 24.6 Å². The summed E-state index contributed by atoms with van der Waals surface area (Å²) >= 11 is 0. The number of Topliss-reactive ketones (excluding diaryl/α,β-unsaturated/α-hetero) is 1. The van der Waals surface area contributed by atoms with Crippen LogP contribution < -0.4 is 9.47 Å². The predicted molar refractivity (Wildman–Crippen MR) is 161 cm³/mol. The van der Waals surface area contributed by atoms with E-state index < -0.39 is 110 Å². The van der Waals surface area contributed by atoms with Crippen LogP contribution in [0.25, 0.3) is 0 Å². The molecule has 0 aliphatic carbocycles. The summed E-state index contributed by atoms with van der Waals surface area (Å²) in [4.78, 5) is 13.0. The van der Waals surface area contributed by atoms with Crippen molar-refractivity contribution in [2.75, 3.05) is 13.2 Å². The van der Waals surface area contributed by atoms with E-state index in [1.54, 1.807) is 12.1 Å². The van der Waals surface area contributed by atoms with E-state index in [1.165, 1.54) is 25.1 Å². The van der Waals surface area contributed by atoms with Gasteiger partial charge in [0, 0.05) is 12.1 Å². The van der Waals surface area contributed by atoms with Gasteiger partial charge in [0.25, 0.3) is 0 Å². The smallest absolute Gasteiger partial charge is 0.229 e. The third-order valence-electron chi connectivity index (χ3n) is 9.11. The molecule has 0 aromatic heterocycles. The number of aromatic hydroxyl groups is 2. The second-order valence-corrected chi connectivity index (χ2v) is 12.6. The molecule has 3 saturated heterocycles. The van der Waals surface area contributed by atoms with E-state index in [1.807, 2.05) is 0 Å². The Morgan fingerprint density at radius 3 is 2.20 bits per heavy atom. The molecule has 4 heterocycles. The number of carbonyl (C=O) groups is 1. The molecule has 10 N–H and O–H groups in total. The number of carbonyl (C=O) groups excluding carboxylic acids is 1. The maximum Gasteiger partial charge on any atom is 0.229 e. The first kappa shape index (κ1) is 36.6. The van der Waals surface area contributed by atoms with E-state index in [-0.39, 0.29) is 35.8 Å². The predicted octanol–water partition coefficient (Wildman–Crippen LogP) is -2.70. The highest BCUT2D eigenvalue weighted by atomic mass is 16.8. The summed E-state index contributed by atoms with van der Waals surface area (Å²) in [5, 5.41) is 104. The fourth-order valence-electron chi connectivity index (χ4n) is 6.17. The summed E-state index contributed by atoms with van der Waals surface area (Å²) in [7, 11) is 0. The minimum Gasteiger partial charge on any atom is -0.508 e. The van der Waals surface area contributed by atoms with Crippen molar-refractivity contribution in [1.29, 1.82) is 0 Å². The lowest BCUT2D eigenvalue weighted by molar-refractivity contribution is -0.358. The van der Waals surface area contributed by atoms with E-state index in [0.717, 1.165) is 6.07 Å². The molecule has 6 rings (SSSR count). The normalized spacial score (nSPS) is 40.5. The first-order chi connectivity index (χ1) is 23.7. The Balaban J connectivity index is 1.25. The molecule has 0 unspecified atom stereocenters. The molecule has 2 aromatic rings. The molecule has 0 saturated carbocycles. The SMILES string of the molecule is C[C@@H]1O[C@@H](O[C@H]2[C@H](Oc3cc(O)c4c(c3)O[C@H](c3ccc(O)cc3)CC4=O)O[C@H](CO[C@@H]3OC[C@@H](O)[C@H](O)[C@H]3O)[C@@H](O)[C@@H]2O)[C@H](O)[C@H](O)[C@H]1O. The molecule has 4 aliphatic rings. The first-order valence-electron chi connectivity index (χ1n) is 15.9. The van der Waals surface area contributed by atoms with Gasteiger partial charge < -0.3 is 84.2 Å². The highest BCUT2D eigenvalue weighted by Crippen LogP contribution is 2.43. The van der Waals surface area contributed by atoms with E-state index >= 15 is 0 Å². The van der Waals surface area contributed by atoms with Crippen LogP contribution in [0.1, 0.15) is 35.4 Å². The Bertz CT molecular complexity index is 1490. The number of phenolic OH excluding ortho intramolecular Hbond substituents is 2. The van der Waals surface area contributed by atoms with Gasteiger partial charge in [-0.2, -0.15) is 0 Å². The molecule has 18 heteroatoms. The Hall–Kier alpha value is -3.21. The maximum atomic E-state index is 13.0. The summed E-state index contributed by atoms with van der Waals surface area (Å²) in [6.07, 6.45) is -23.2. The Labute approximate surface area is 284 Å². The van der Waals surface area contributed by atoms with Crippen molar-refractivity contribution in [2.24, 2.45) is 0 Å². The fourth-order valence-corrected chi connectivity index (χ4v) is 6.17. The molecule has 0 spiro atoms. The van der Waals surface area contributed by atoms with Gasteiger partial charge in [-0.1, -0.05) is 12.1 Å². The zero-order valence-corrected chi connectivity index (χ0v) is 26.5. The fraction of sp³-hybridized carbons (Fsp3) is 0.594. The van der Waals surface area contributed by atoms with Crippen LogP contribution in [0.2, 0.25) is 0 Å². The zero-order chi connectivity index (χ0) is 36.0.